The first-order valence-corrected chi connectivity index (χ1v) is 8.47. The summed E-state index contributed by atoms with van der Waals surface area (Å²) in [7, 11) is 1.91. The first kappa shape index (κ1) is 17.3. The second-order valence-corrected chi connectivity index (χ2v) is 6.31. The minimum atomic E-state index is -0.126. The van der Waals surface area contributed by atoms with Crippen molar-refractivity contribution < 1.29 is 14.1 Å². The Morgan fingerprint density at radius 3 is 2.96 bits per heavy atom. The van der Waals surface area contributed by atoms with Gasteiger partial charge in [-0.3, -0.25) is 9.69 Å². The lowest BCUT2D eigenvalue weighted by molar-refractivity contribution is -0.117. The number of carbonyl (C=O) groups excluding carboxylic acids is 1. The van der Waals surface area contributed by atoms with Crippen LogP contribution in [0, 0.1) is 6.92 Å². The molecule has 0 aliphatic carbocycles. The third-order valence-corrected chi connectivity index (χ3v) is 4.13. The van der Waals surface area contributed by atoms with Gasteiger partial charge in [0, 0.05) is 19.2 Å². The Bertz CT molecular complexity index is 731. The molecule has 1 atom stereocenters. The van der Waals surface area contributed by atoms with Crippen molar-refractivity contribution in [3.8, 4) is 5.75 Å². The summed E-state index contributed by atoms with van der Waals surface area (Å²) in [6.07, 6.45) is 0.0157. The van der Waals surface area contributed by atoms with Gasteiger partial charge in [-0.15, -0.1) is 0 Å². The summed E-state index contributed by atoms with van der Waals surface area (Å²) in [6.45, 7) is 6.58. The van der Waals surface area contributed by atoms with Crippen molar-refractivity contribution in [2.45, 2.75) is 20.0 Å². The molecule has 7 heteroatoms. The maximum atomic E-state index is 12.1. The Kier molecular flexibility index (Phi) is 5.23. The number of carbonyl (C=O) groups is 1. The standard InChI is InChI=1S/C18H24N4O3/c1-4-22-11-14(24-16-8-6-5-7-15(16)22)10-21(3)12-18(23)19-17-9-13(2)25-20-17/h5-9,14H,4,10-12H2,1-3H3,(H,19,20,23)/t14-/m0/s1. The molecule has 2 aromatic rings. The van der Waals surface area contributed by atoms with Gasteiger partial charge in [-0.25, -0.2) is 0 Å². The van der Waals surface area contributed by atoms with Crippen LogP contribution in [0.3, 0.4) is 0 Å². The van der Waals surface area contributed by atoms with Crippen molar-refractivity contribution in [3.63, 3.8) is 0 Å². The van der Waals surface area contributed by atoms with E-state index in [1.165, 1.54) is 0 Å². The van der Waals surface area contributed by atoms with E-state index in [2.05, 4.69) is 28.4 Å². The average Bonchev–Trinajstić information content (AvgIpc) is 2.98. The quantitative estimate of drug-likeness (QED) is 0.866. The summed E-state index contributed by atoms with van der Waals surface area (Å²) < 4.78 is 11.0. The second-order valence-electron chi connectivity index (χ2n) is 6.31. The predicted molar refractivity (Wildman–Crippen MR) is 96.1 cm³/mol. The highest BCUT2D eigenvalue weighted by Gasteiger charge is 2.25. The first-order valence-electron chi connectivity index (χ1n) is 8.47. The number of fused-ring (bicyclic) bond motifs is 1. The van der Waals surface area contributed by atoms with E-state index in [9.17, 15) is 4.79 Å². The molecule has 134 valence electrons. The van der Waals surface area contributed by atoms with E-state index in [0.29, 0.717) is 18.1 Å². The van der Waals surface area contributed by atoms with Crippen LogP contribution in [-0.4, -0.2) is 55.3 Å². The summed E-state index contributed by atoms with van der Waals surface area (Å²) >= 11 is 0. The van der Waals surface area contributed by atoms with Gasteiger partial charge in [0.05, 0.1) is 18.8 Å². The summed E-state index contributed by atoms with van der Waals surface area (Å²) in [5.41, 5.74) is 1.13. The molecule has 0 bridgehead atoms. The van der Waals surface area contributed by atoms with Crippen LogP contribution in [0.4, 0.5) is 11.5 Å². The summed E-state index contributed by atoms with van der Waals surface area (Å²) in [4.78, 5) is 16.4. The monoisotopic (exact) mass is 344 g/mol. The number of hydrogen-bond donors (Lipinski definition) is 1. The van der Waals surface area contributed by atoms with Gasteiger partial charge in [0.15, 0.2) is 5.82 Å². The number of anilines is 2. The smallest absolute Gasteiger partial charge is 0.239 e. The van der Waals surface area contributed by atoms with E-state index < -0.39 is 0 Å². The molecule has 0 fully saturated rings. The second kappa shape index (κ2) is 7.57. The van der Waals surface area contributed by atoms with Gasteiger partial charge in [0.25, 0.3) is 0 Å². The van der Waals surface area contributed by atoms with Gasteiger partial charge in [-0.1, -0.05) is 17.3 Å². The molecule has 0 radical (unpaired) electrons. The molecule has 0 saturated heterocycles. The zero-order chi connectivity index (χ0) is 17.8. The number of aromatic nitrogens is 1. The van der Waals surface area contributed by atoms with Crippen LogP contribution < -0.4 is 15.0 Å². The molecular weight excluding hydrogens is 320 g/mol. The molecule has 1 aromatic carbocycles. The molecule has 1 N–H and O–H groups in total. The fraction of sp³-hybridized carbons (Fsp3) is 0.444. The Balaban J connectivity index is 1.54. The third-order valence-electron chi connectivity index (χ3n) is 4.13. The highest BCUT2D eigenvalue weighted by molar-refractivity contribution is 5.91. The molecule has 25 heavy (non-hydrogen) atoms. The highest BCUT2D eigenvalue weighted by atomic mass is 16.5. The lowest BCUT2D eigenvalue weighted by atomic mass is 10.2. The number of ether oxygens (including phenoxy) is 1. The number of para-hydroxylation sites is 2. The van der Waals surface area contributed by atoms with Crippen LogP contribution in [0.5, 0.6) is 5.75 Å². The van der Waals surface area contributed by atoms with E-state index in [-0.39, 0.29) is 18.6 Å². The number of benzene rings is 1. The van der Waals surface area contributed by atoms with Crippen LogP contribution in [0.2, 0.25) is 0 Å². The topological polar surface area (TPSA) is 70.8 Å². The van der Waals surface area contributed by atoms with E-state index in [0.717, 1.165) is 24.5 Å². The molecule has 2 heterocycles. The summed E-state index contributed by atoms with van der Waals surface area (Å²) in [6, 6.07) is 9.76. The molecule has 1 aliphatic heterocycles. The van der Waals surface area contributed by atoms with Crippen LogP contribution >= 0.6 is 0 Å². The molecule has 1 aromatic heterocycles. The molecule has 0 spiro atoms. The molecular formula is C18H24N4O3. The van der Waals surface area contributed by atoms with Crippen molar-refractivity contribution in [1.29, 1.82) is 0 Å². The van der Waals surface area contributed by atoms with Crippen molar-refractivity contribution in [1.82, 2.24) is 10.1 Å². The minimum Gasteiger partial charge on any atom is -0.485 e. The molecule has 7 nitrogen and oxygen atoms in total. The van der Waals surface area contributed by atoms with Gasteiger partial charge in [0.1, 0.15) is 17.6 Å². The Labute approximate surface area is 147 Å². The average molecular weight is 344 g/mol. The summed E-state index contributed by atoms with van der Waals surface area (Å²) in [5.74, 6) is 1.88. The van der Waals surface area contributed by atoms with Crippen LogP contribution in [0.15, 0.2) is 34.9 Å². The molecule has 1 amide bonds. The summed E-state index contributed by atoms with van der Waals surface area (Å²) in [5, 5.41) is 6.50. The van der Waals surface area contributed by atoms with Crippen molar-refractivity contribution >= 4 is 17.4 Å². The highest BCUT2D eigenvalue weighted by Crippen LogP contribution is 2.32. The normalized spacial score (nSPS) is 16.5. The molecule has 0 saturated carbocycles. The number of nitrogens with one attached hydrogen (secondary N) is 1. The number of nitrogens with zero attached hydrogens (tertiary/aromatic N) is 3. The van der Waals surface area contributed by atoms with Crippen molar-refractivity contribution in [2.24, 2.45) is 0 Å². The van der Waals surface area contributed by atoms with Gasteiger partial charge < -0.3 is 19.5 Å². The van der Waals surface area contributed by atoms with Gasteiger partial charge in [-0.05, 0) is 33.0 Å². The third kappa shape index (κ3) is 4.30. The maximum absolute atomic E-state index is 12.1. The molecule has 3 rings (SSSR count). The van der Waals surface area contributed by atoms with Crippen molar-refractivity contribution in [3.05, 3.63) is 36.1 Å². The number of amides is 1. The van der Waals surface area contributed by atoms with Crippen LogP contribution in [-0.2, 0) is 4.79 Å². The SMILES string of the molecule is CCN1C[C@H](CN(C)CC(=O)Nc2cc(C)on2)Oc2ccccc21. The van der Waals surface area contributed by atoms with E-state index >= 15 is 0 Å². The lowest BCUT2D eigenvalue weighted by Gasteiger charge is -2.37. The minimum absolute atomic E-state index is 0.0157. The first-order chi connectivity index (χ1) is 12.0. The van der Waals surface area contributed by atoms with Crippen LogP contribution in [0.25, 0.3) is 0 Å². The number of aryl methyl sites for hydroxylation is 1. The Hall–Kier alpha value is -2.54. The fourth-order valence-corrected chi connectivity index (χ4v) is 3.04. The maximum Gasteiger partial charge on any atom is 0.239 e. The predicted octanol–water partition coefficient (Wildman–Crippen LogP) is 2.14. The number of rotatable bonds is 6. The zero-order valence-electron chi connectivity index (χ0n) is 14.9. The molecule has 0 unspecified atom stereocenters. The zero-order valence-corrected chi connectivity index (χ0v) is 14.9. The van der Waals surface area contributed by atoms with Gasteiger partial charge >= 0.3 is 0 Å². The van der Waals surface area contributed by atoms with Gasteiger partial charge in [-0.2, -0.15) is 0 Å². The Morgan fingerprint density at radius 2 is 2.24 bits per heavy atom. The number of hydrogen-bond acceptors (Lipinski definition) is 6. The van der Waals surface area contributed by atoms with Gasteiger partial charge in [0.2, 0.25) is 5.91 Å². The fourth-order valence-electron chi connectivity index (χ4n) is 3.04. The Morgan fingerprint density at radius 1 is 1.44 bits per heavy atom. The van der Waals surface area contributed by atoms with Crippen molar-refractivity contribution in [2.75, 3.05) is 43.4 Å². The largest absolute Gasteiger partial charge is 0.485 e. The van der Waals surface area contributed by atoms with E-state index in [1.807, 2.05) is 30.1 Å². The lowest BCUT2D eigenvalue weighted by Crippen LogP contribution is -2.46. The van der Waals surface area contributed by atoms with E-state index in [1.54, 1.807) is 13.0 Å². The van der Waals surface area contributed by atoms with E-state index in [4.69, 9.17) is 9.26 Å². The number of likely N-dealkylation sites (N-methyl/N-ethyl adjacent to an activating group) is 2. The molecule has 1 aliphatic rings. The van der Waals surface area contributed by atoms with Crippen LogP contribution in [0.1, 0.15) is 12.7 Å².